The van der Waals surface area contributed by atoms with Gasteiger partial charge in [0.15, 0.2) is 8.32 Å². The van der Waals surface area contributed by atoms with Crippen molar-refractivity contribution in [2.45, 2.75) is 38.5 Å². The molecule has 2 nitrogen and oxygen atoms in total. The smallest absolute Gasteiger partial charge is 0.189 e. The van der Waals surface area contributed by atoms with E-state index in [2.05, 4.69) is 69.7 Å². The fourth-order valence-corrected chi connectivity index (χ4v) is 3.42. The molecular formula is C15H27NOSi. The molecule has 0 N–H and O–H groups in total. The molecule has 0 spiro atoms. The maximum Gasteiger partial charge on any atom is 0.189 e. The van der Waals surface area contributed by atoms with Crippen molar-refractivity contribution in [3.63, 3.8) is 0 Å². The third-order valence-corrected chi connectivity index (χ3v) is 7.75. The number of benzene rings is 1. The Labute approximate surface area is 113 Å². The molecule has 0 saturated heterocycles. The lowest BCUT2D eigenvalue weighted by atomic mass is 10.1. The molecule has 1 unspecified atom stereocenters. The van der Waals surface area contributed by atoms with Crippen LogP contribution in [0.15, 0.2) is 30.3 Å². The molecule has 0 saturated carbocycles. The lowest BCUT2D eigenvalue weighted by Gasteiger charge is -2.31. The third kappa shape index (κ3) is 4.23. The van der Waals surface area contributed by atoms with Crippen LogP contribution in [0.25, 0.3) is 0 Å². The summed E-state index contributed by atoms with van der Waals surface area (Å²) in [4.78, 5) is 2.25. The van der Waals surface area contributed by atoms with Gasteiger partial charge in [-0.1, -0.05) is 44.2 Å². The van der Waals surface area contributed by atoms with Gasteiger partial charge in [0, 0.05) is 0 Å². The van der Waals surface area contributed by atoms with Gasteiger partial charge in [-0.15, -0.1) is 0 Å². The Balaban J connectivity index is 2.71. The van der Waals surface area contributed by atoms with Crippen LogP contribution in [0.4, 0.5) is 0 Å². The van der Waals surface area contributed by atoms with Crippen molar-refractivity contribution in [1.29, 1.82) is 0 Å². The highest BCUT2D eigenvalue weighted by molar-refractivity contribution is 6.72. The van der Waals surface area contributed by atoms with Gasteiger partial charge in [0.1, 0.15) is 0 Å². The summed E-state index contributed by atoms with van der Waals surface area (Å²) in [6, 6.07) is 13.4. The van der Waals surface area contributed by atoms with Crippen molar-refractivity contribution >= 4 is 8.32 Å². The van der Waals surface area contributed by atoms with Crippen LogP contribution >= 0.6 is 0 Å². The first-order valence-corrected chi connectivity index (χ1v) is 9.70. The molecule has 3 heteroatoms. The minimum absolute atomic E-state index is 0.358. The molecule has 1 aromatic carbocycles. The molecule has 102 valence electrons. The van der Waals surface area contributed by atoms with Gasteiger partial charge in [-0.05, 0) is 38.3 Å². The van der Waals surface area contributed by atoms with Crippen LogP contribution in [0.3, 0.4) is 0 Å². The number of rotatable bonds is 7. The summed E-state index contributed by atoms with van der Waals surface area (Å²) in [6.07, 6.45) is 0. The highest BCUT2D eigenvalue weighted by Gasteiger charge is 2.26. The molecule has 0 bridgehead atoms. The van der Waals surface area contributed by atoms with Crippen molar-refractivity contribution in [3.8, 4) is 0 Å². The minimum atomic E-state index is -1.47. The number of nitrogens with zero attached hydrogens (tertiary/aromatic N) is 1. The van der Waals surface area contributed by atoms with Gasteiger partial charge in [0.25, 0.3) is 0 Å². The molecule has 0 aliphatic heterocycles. The van der Waals surface area contributed by atoms with Gasteiger partial charge in [0.2, 0.25) is 0 Å². The standard InChI is InChI=1S/C15H27NOSi/c1-6-18(5,7-2)17-13-15(16(3)4)14-11-9-8-10-12-14/h8-12,15H,6-7,13H2,1-5H3. The first-order chi connectivity index (χ1) is 8.52. The SMILES string of the molecule is CC[Si](C)(CC)OCC(c1ccccc1)N(C)C. The van der Waals surface area contributed by atoms with Gasteiger partial charge >= 0.3 is 0 Å². The summed E-state index contributed by atoms with van der Waals surface area (Å²) in [5, 5.41) is 0. The van der Waals surface area contributed by atoms with E-state index in [1.54, 1.807) is 0 Å². The number of hydrogen-bond acceptors (Lipinski definition) is 2. The Morgan fingerprint density at radius 2 is 1.67 bits per heavy atom. The zero-order chi connectivity index (χ0) is 13.6. The first kappa shape index (κ1) is 15.4. The first-order valence-electron chi connectivity index (χ1n) is 6.87. The second-order valence-corrected chi connectivity index (χ2v) is 9.96. The van der Waals surface area contributed by atoms with Crippen LogP contribution in [0.1, 0.15) is 25.5 Å². The molecule has 0 radical (unpaired) electrons. The van der Waals surface area contributed by atoms with Crippen molar-refractivity contribution in [3.05, 3.63) is 35.9 Å². The number of hydrogen-bond donors (Lipinski definition) is 0. The van der Waals surface area contributed by atoms with E-state index in [9.17, 15) is 0 Å². The third-order valence-electron chi connectivity index (χ3n) is 3.89. The van der Waals surface area contributed by atoms with Gasteiger partial charge in [-0.2, -0.15) is 0 Å². The van der Waals surface area contributed by atoms with Gasteiger partial charge in [-0.25, -0.2) is 0 Å². The maximum atomic E-state index is 6.30. The van der Waals surface area contributed by atoms with Crippen LogP contribution < -0.4 is 0 Å². The highest BCUT2D eigenvalue weighted by Crippen LogP contribution is 2.23. The predicted molar refractivity (Wildman–Crippen MR) is 81.4 cm³/mol. The summed E-state index contributed by atoms with van der Waals surface area (Å²) in [5.74, 6) is 0. The maximum absolute atomic E-state index is 6.30. The normalized spacial score (nSPS) is 13.9. The molecule has 0 amide bonds. The Bertz CT molecular complexity index is 336. The van der Waals surface area contributed by atoms with E-state index in [0.717, 1.165) is 6.61 Å². The molecule has 0 fully saturated rings. The average Bonchev–Trinajstić information content (AvgIpc) is 2.39. The molecule has 0 aromatic heterocycles. The Morgan fingerprint density at radius 3 is 2.11 bits per heavy atom. The van der Waals surface area contributed by atoms with Crippen molar-refractivity contribution in [2.24, 2.45) is 0 Å². The molecule has 0 heterocycles. The lowest BCUT2D eigenvalue weighted by Crippen LogP contribution is -2.36. The molecular weight excluding hydrogens is 238 g/mol. The highest BCUT2D eigenvalue weighted by atomic mass is 28.4. The Morgan fingerprint density at radius 1 is 1.11 bits per heavy atom. The quantitative estimate of drug-likeness (QED) is 0.693. The van der Waals surface area contributed by atoms with Gasteiger partial charge < -0.3 is 9.33 Å². The molecule has 1 atom stereocenters. The fraction of sp³-hybridized carbons (Fsp3) is 0.600. The summed E-state index contributed by atoms with van der Waals surface area (Å²) < 4.78 is 6.30. The monoisotopic (exact) mass is 265 g/mol. The summed E-state index contributed by atoms with van der Waals surface area (Å²) in [7, 11) is 2.78. The lowest BCUT2D eigenvalue weighted by molar-refractivity contribution is 0.179. The zero-order valence-electron chi connectivity index (χ0n) is 12.4. The number of likely N-dealkylation sites (N-methyl/N-ethyl adjacent to an activating group) is 1. The Hall–Kier alpha value is -0.643. The largest absolute Gasteiger partial charge is 0.415 e. The zero-order valence-corrected chi connectivity index (χ0v) is 13.4. The van der Waals surface area contributed by atoms with E-state index in [0.29, 0.717) is 6.04 Å². The summed E-state index contributed by atoms with van der Waals surface area (Å²) >= 11 is 0. The van der Waals surface area contributed by atoms with Gasteiger partial charge in [-0.3, -0.25) is 0 Å². The van der Waals surface area contributed by atoms with E-state index in [4.69, 9.17) is 4.43 Å². The average molecular weight is 265 g/mol. The van der Waals surface area contributed by atoms with Crippen LogP contribution in [0.2, 0.25) is 18.6 Å². The second-order valence-electron chi connectivity index (χ2n) is 5.36. The van der Waals surface area contributed by atoms with Crippen LogP contribution in [0.5, 0.6) is 0 Å². The van der Waals surface area contributed by atoms with Gasteiger partial charge in [0.05, 0.1) is 12.6 Å². The van der Waals surface area contributed by atoms with E-state index in [-0.39, 0.29) is 0 Å². The second kappa shape index (κ2) is 7.07. The molecule has 1 rings (SSSR count). The fourth-order valence-electron chi connectivity index (χ4n) is 1.95. The van der Waals surface area contributed by atoms with E-state index in [1.165, 1.54) is 17.7 Å². The topological polar surface area (TPSA) is 12.5 Å². The molecule has 0 aliphatic rings. The predicted octanol–water partition coefficient (Wildman–Crippen LogP) is 3.92. The molecule has 1 aromatic rings. The Kier molecular flexibility index (Phi) is 6.06. The van der Waals surface area contributed by atoms with E-state index >= 15 is 0 Å². The van der Waals surface area contributed by atoms with Crippen LogP contribution in [-0.2, 0) is 4.43 Å². The summed E-state index contributed by atoms with van der Waals surface area (Å²) in [5.41, 5.74) is 1.34. The van der Waals surface area contributed by atoms with Crippen LogP contribution in [-0.4, -0.2) is 33.9 Å². The molecule has 0 aliphatic carbocycles. The van der Waals surface area contributed by atoms with E-state index < -0.39 is 8.32 Å². The minimum Gasteiger partial charge on any atom is -0.415 e. The van der Waals surface area contributed by atoms with Crippen molar-refractivity contribution < 1.29 is 4.43 Å². The molecule has 18 heavy (non-hydrogen) atoms. The van der Waals surface area contributed by atoms with Crippen molar-refractivity contribution in [2.75, 3.05) is 20.7 Å². The van der Waals surface area contributed by atoms with Crippen LogP contribution in [0, 0.1) is 0 Å². The van der Waals surface area contributed by atoms with Crippen molar-refractivity contribution in [1.82, 2.24) is 4.90 Å². The summed E-state index contributed by atoms with van der Waals surface area (Å²) in [6.45, 7) is 7.65. The van der Waals surface area contributed by atoms with E-state index in [1.807, 2.05) is 0 Å².